The van der Waals surface area contributed by atoms with Gasteiger partial charge in [-0.3, -0.25) is 10.1 Å². The van der Waals surface area contributed by atoms with Crippen LogP contribution in [0.5, 0.6) is 0 Å². The highest BCUT2D eigenvalue weighted by molar-refractivity contribution is 7.13. The van der Waals surface area contributed by atoms with Crippen molar-refractivity contribution in [2.45, 2.75) is 12.5 Å². The molecule has 0 aliphatic carbocycles. The lowest BCUT2D eigenvalue weighted by Crippen LogP contribution is -2.33. The predicted molar refractivity (Wildman–Crippen MR) is 65.2 cm³/mol. The summed E-state index contributed by atoms with van der Waals surface area (Å²) in [4.78, 5) is 21.8. The largest absolute Gasteiger partial charge is 0.465 e. The highest BCUT2D eigenvalue weighted by Gasteiger charge is 2.29. The molecule has 98 valence electrons. The number of hydrogen-bond acceptors (Lipinski definition) is 7. The van der Waals surface area contributed by atoms with E-state index >= 15 is 0 Å². The van der Waals surface area contributed by atoms with Crippen molar-refractivity contribution in [1.82, 2.24) is 0 Å². The summed E-state index contributed by atoms with van der Waals surface area (Å²) in [7, 11) is 1.20. The van der Waals surface area contributed by atoms with E-state index in [1.165, 1.54) is 7.11 Å². The molecule has 0 spiro atoms. The minimum Gasteiger partial charge on any atom is -0.465 e. The molecule has 0 bridgehead atoms. The van der Waals surface area contributed by atoms with Crippen molar-refractivity contribution in [2.75, 3.05) is 25.6 Å². The first-order valence-electron chi connectivity index (χ1n) is 5.33. The lowest BCUT2D eigenvalue weighted by Gasteiger charge is -2.26. The smallest absolute Gasteiger partial charge is 0.355 e. The van der Waals surface area contributed by atoms with Gasteiger partial charge in [0, 0.05) is 18.5 Å². The van der Waals surface area contributed by atoms with Crippen molar-refractivity contribution in [3.8, 4) is 0 Å². The molecule has 1 aliphatic heterocycles. The minimum absolute atomic E-state index is 0.000437. The van der Waals surface area contributed by atoms with Gasteiger partial charge in [-0.1, -0.05) is 0 Å². The fraction of sp³-hybridized carbons (Fsp3) is 0.500. The van der Waals surface area contributed by atoms with Crippen LogP contribution in [0.15, 0.2) is 5.38 Å². The SMILES string of the molecule is COC(=O)c1scc(NC[C@@H]2CCO2)c1[N+](=O)[O-]. The molecule has 1 N–H and O–H groups in total. The highest BCUT2D eigenvalue weighted by atomic mass is 32.1. The van der Waals surface area contributed by atoms with E-state index < -0.39 is 10.9 Å². The quantitative estimate of drug-likeness (QED) is 0.498. The Morgan fingerprint density at radius 2 is 2.50 bits per heavy atom. The number of nitrogens with zero attached hydrogens (tertiary/aromatic N) is 1. The van der Waals surface area contributed by atoms with Gasteiger partial charge in [-0.25, -0.2) is 4.79 Å². The van der Waals surface area contributed by atoms with E-state index in [-0.39, 0.29) is 16.7 Å². The second-order valence-electron chi connectivity index (χ2n) is 3.74. The number of carbonyl (C=O) groups is 1. The number of carbonyl (C=O) groups excluding carboxylic acids is 1. The molecule has 0 radical (unpaired) electrons. The van der Waals surface area contributed by atoms with Crippen LogP contribution in [0.1, 0.15) is 16.1 Å². The fourth-order valence-corrected chi connectivity index (χ4v) is 2.47. The summed E-state index contributed by atoms with van der Waals surface area (Å²) in [5.41, 5.74) is 0.104. The zero-order valence-electron chi connectivity index (χ0n) is 9.67. The Kier molecular flexibility index (Phi) is 3.78. The zero-order valence-corrected chi connectivity index (χ0v) is 10.5. The molecule has 2 heterocycles. The van der Waals surface area contributed by atoms with Gasteiger partial charge in [-0.15, -0.1) is 11.3 Å². The lowest BCUT2D eigenvalue weighted by atomic mass is 10.2. The molecular weight excluding hydrogens is 260 g/mol. The van der Waals surface area contributed by atoms with Gasteiger partial charge in [-0.2, -0.15) is 0 Å². The Balaban J connectivity index is 2.15. The number of thiophene rings is 1. The third-order valence-electron chi connectivity index (χ3n) is 2.63. The van der Waals surface area contributed by atoms with Gasteiger partial charge in [-0.05, 0) is 6.42 Å². The fourth-order valence-electron chi connectivity index (χ4n) is 1.57. The molecule has 2 rings (SSSR count). The van der Waals surface area contributed by atoms with Crippen LogP contribution in [0.2, 0.25) is 0 Å². The van der Waals surface area contributed by atoms with E-state index in [4.69, 9.17) is 4.74 Å². The van der Waals surface area contributed by atoms with E-state index in [2.05, 4.69) is 10.1 Å². The van der Waals surface area contributed by atoms with Gasteiger partial charge < -0.3 is 14.8 Å². The second-order valence-corrected chi connectivity index (χ2v) is 4.62. The number of methoxy groups -OCH3 is 1. The predicted octanol–water partition coefficient (Wildman–Crippen LogP) is 1.64. The van der Waals surface area contributed by atoms with Crippen LogP contribution in [-0.4, -0.2) is 37.3 Å². The number of esters is 1. The van der Waals surface area contributed by atoms with Gasteiger partial charge in [0.25, 0.3) is 0 Å². The summed E-state index contributed by atoms with van der Waals surface area (Å²) in [5.74, 6) is -0.695. The summed E-state index contributed by atoms with van der Waals surface area (Å²) in [6, 6.07) is 0. The molecular formula is C10H12N2O5S. The maximum Gasteiger partial charge on any atom is 0.355 e. The molecule has 0 unspecified atom stereocenters. The third kappa shape index (κ3) is 2.44. The number of nitro groups is 1. The van der Waals surface area contributed by atoms with Crippen LogP contribution in [0.25, 0.3) is 0 Å². The van der Waals surface area contributed by atoms with E-state index in [1.54, 1.807) is 5.38 Å². The minimum atomic E-state index is -0.695. The summed E-state index contributed by atoms with van der Waals surface area (Å²) < 4.78 is 9.72. The first-order chi connectivity index (χ1) is 8.63. The van der Waals surface area contributed by atoms with Crippen LogP contribution in [0, 0.1) is 10.1 Å². The molecule has 1 aliphatic rings. The van der Waals surface area contributed by atoms with E-state index in [9.17, 15) is 14.9 Å². The molecule has 0 saturated carbocycles. The zero-order chi connectivity index (χ0) is 13.1. The first kappa shape index (κ1) is 12.8. The topological polar surface area (TPSA) is 90.7 Å². The summed E-state index contributed by atoms with van der Waals surface area (Å²) in [6.45, 7) is 1.23. The Morgan fingerprint density at radius 1 is 1.78 bits per heavy atom. The average Bonchev–Trinajstić information content (AvgIpc) is 2.70. The monoisotopic (exact) mass is 272 g/mol. The summed E-state index contributed by atoms with van der Waals surface area (Å²) >= 11 is 0.995. The number of anilines is 1. The first-order valence-corrected chi connectivity index (χ1v) is 6.21. The average molecular weight is 272 g/mol. The molecule has 1 atom stereocenters. The number of ether oxygens (including phenoxy) is 2. The Hall–Kier alpha value is -1.67. The van der Waals surface area contributed by atoms with Crippen LogP contribution >= 0.6 is 11.3 Å². The van der Waals surface area contributed by atoms with Crippen molar-refractivity contribution in [3.05, 3.63) is 20.4 Å². The normalized spacial score (nSPS) is 17.9. The molecule has 7 nitrogen and oxygen atoms in total. The maximum absolute atomic E-state index is 11.4. The van der Waals surface area contributed by atoms with E-state index in [0.717, 1.165) is 24.4 Å². The number of nitrogens with one attached hydrogen (secondary N) is 1. The van der Waals surface area contributed by atoms with Crippen molar-refractivity contribution in [1.29, 1.82) is 0 Å². The Morgan fingerprint density at radius 3 is 3.00 bits per heavy atom. The van der Waals surface area contributed by atoms with Gasteiger partial charge >= 0.3 is 11.7 Å². The number of rotatable bonds is 5. The molecule has 0 aromatic carbocycles. The van der Waals surface area contributed by atoms with Crippen LogP contribution < -0.4 is 5.32 Å². The van der Waals surface area contributed by atoms with E-state index in [1.807, 2.05) is 0 Å². The van der Waals surface area contributed by atoms with Crippen molar-refractivity contribution >= 4 is 28.7 Å². The highest BCUT2D eigenvalue weighted by Crippen LogP contribution is 2.35. The molecule has 0 amide bonds. The van der Waals surface area contributed by atoms with Gasteiger partial charge in [0.1, 0.15) is 5.69 Å². The van der Waals surface area contributed by atoms with E-state index in [0.29, 0.717) is 12.2 Å². The van der Waals surface area contributed by atoms with Gasteiger partial charge in [0.15, 0.2) is 4.88 Å². The second kappa shape index (κ2) is 5.32. The van der Waals surface area contributed by atoms with Crippen LogP contribution in [-0.2, 0) is 9.47 Å². The maximum atomic E-state index is 11.4. The summed E-state index contributed by atoms with van der Waals surface area (Å²) in [5, 5.41) is 15.5. The Bertz CT molecular complexity index is 469. The van der Waals surface area contributed by atoms with Crippen molar-refractivity contribution < 1.29 is 19.2 Å². The van der Waals surface area contributed by atoms with Gasteiger partial charge in [0.05, 0.1) is 18.1 Å². The molecule has 1 aromatic heterocycles. The lowest BCUT2D eigenvalue weighted by molar-refractivity contribution is -0.383. The van der Waals surface area contributed by atoms with Crippen LogP contribution in [0.4, 0.5) is 11.4 Å². The third-order valence-corrected chi connectivity index (χ3v) is 3.58. The molecule has 1 aromatic rings. The number of hydrogen-bond donors (Lipinski definition) is 1. The van der Waals surface area contributed by atoms with Crippen molar-refractivity contribution in [3.63, 3.8) is 0 Å². The summed E-state index contributed by atoms with van der Waals surface area (Å²) in [6.07, 6.45) is 1.03. The van der Waals surface area contributed by atoms with Crippen molar-refractivity contribution in [2.24, 2.45) is 0 Å². The molecule has 18 heavy (non-hydrogen) atoms. The van der Waals surface area contributed by atoms with Gasteiger partial charge in [0.2, 0.25) is 0 Å². The molecule has 1 fully saturated rings. The van der Waals surface area contributed by atoms with Crippen LogP contribution in [0.3, 0.4) is 0 Å². The molecule has 1 saturated heterocycles. The molecule has 8 heteroatoms. The Labute approximate surface area is 107 Å². The standard InChI is InChI=1S/C10H12N2O5S/c1-16-10(13)9-8(12(14)15)7(5-18-9)11-4-6-2-3-17-6/h5-6,11H,2-4H2,1H3/t6-/m0/s1.